The zero-order chi connectivity index (χ0) is 15.4. The normalized spacial score (nSPS) is 10.4. The Bertz CT molecular complexity index is 684. The molecular weight excluding hydrogens is 281 g/mol. The van der Waals surface area contributed by atoms with Crippen molar-refractivity contribution < 1.29 is 23.6 Å². The number of anilines is 1. The second-order valence-electron chi connectivity index (χ2n) is 4.28. The Morgan fingerprint density at radius 1 is 1.43 bits per heavy atom. The highest BCUT2D eigenvalue weighted by molar-refractivity contribution is 6.00. The molecule has 0 saturated heterocycles. The van der Waals surface area contributed by atoms with Crippen molar-refractivity contribution in [1.82, 2.24) is 10.1 Å². The van der Waals surface area contributed by atoms with Crippen molar-refractivity contribution in [3.05, 3.63) is 41.3 Å². The Kier molecular flexibility index (Phi) is 4.27. The number of carbonyl (C=O) groups is 2. The lowest BCUT2D eigenvalue weighted by atomic mass is 10.1. The summed E-state index contributed by atoms with van der Waals surface area (Å²) in [6.45, 7) is 1.66. The minimum absolute atomic E-state index is 0.0376. The molecule has 8 heteroatoms. The summed E-state index contributed by atoms with van der Waals surface area (Å²) in [4.78, 5) is 26.7. The van der Waals surface area contributed by atoms with Crippen molar-refractivity contribution >= 4 is 17.6 Å². The van der Waals surface area contributed by atoms with Crippen molar-refractivity contribution in [1.29, 1.82) is 0 Å². The highest BCUT2D eigenvalue weighted by Crippen LogP contribution is 2.17. The number of hydrogen-bond donors (Lipinski definition) is 2. The quantitative estimate of drug-likeness (QED) is 0.870. The van der Waals surface area contributed by atoms with E-state index in [0.29, 0.717) is 11.7 Å². The molecule has 0 radical (unpaired) electrons. The second kappa shape index (κ2) is 6.12. The van der Waals surface area contributed by atoms with Crippen LogP contribution in [0.3, 0.4) is 0 Å². The van der Waals surface area contributed by atoms with Gasteiger partial charge < -0.3 is 14.9 Å². The third-order valence-corrected chi connectivity index (χ3v) is 2.62. The monoisotopic (exact) mass is 293 g/mol. The molecule has 2 N–H and O–H groups in total. The van der Waals surface area contributed by atoms with E-state index in [2.05, 4.69) is 15.5 Å². The number of halogens is 1. The van der Waals surface area contributed by atoms with Gasteiger partial charge >= 0.3 is 5.97 Å². The molecule has 1 aromatic carbocycles. The van der Waals surface area contributed by atoms with Crippen molar-refractivity contribution in [2.24, 2.45) is 0 Å². The third-order valence-electron chi connectivity index (χ3n) is 2.62. The maximum absolute atomic E-state index is 13.0. The number of aromatic nitrogens is 2. The molecule has 110 valence electrons. The molecule has 0 aliphatic carbocycles. The van der Waals surface area contributed by atoms with E-state index in [4.69, 9.17) is 9.63 Å². The molecule has 0 bridgehead atoms. The van der Waals surface area contributed by atoms with Crippen LogP contribution in [0.2, 0.25) is 0 Å². The number of carboxylic acids is 1. The van der Waals surface area contributed by atoms with Crippen molar-refractivity contribution in [3.63, 3.8) is 0 Å². The zero-order valence-corrected chi connectivity index (χ0v) is 11.1. The van der Waals surface area contributed by atoms with Crippen molar-refractivity contribution in [2.45, 2.75) is 19.8 Å². The van der Waals surface area contributed by atoms with Crippen molar-refractivity contribution in [2.75, 3.05) is 5.32 Å². The smallest absolute Gasteiger partial charge is 0.337 e. The van der Waals surface area contributed by atoms with Gasteiger partial charge in [-0.1, -0.05) is 5.16 Å². The lowest BCUT2D eigenvalue weighted by molar-refractivity contribution is -0.116. The first-order chi connectivity index (χ1) is 9.95. The summed E-state index contributed by atoms with van der Waals surface area (Å²) < 4.78 is 17.9. The molecule has 1 aromatic heterocycles. The first kappa shape index (κ1) is 14.6. The van der Waals surface area contributed by atoms with Gasteiger partial charge in [0.25, 0.3) is 0 Å². The van der Waals surface area contributed by atoms with Crippen molar-refractivity contribution in [3.8, 4) is 0 Å². The summed E-state index contributed by atoms with van der Waals surface area (Å²) in [6, 6.07) is 3.12. The molecule has 1 amide bonds. The van der Waals surface area contributed by atoms with Crippen LogP contribution in [0.5, 0.6) is 0 Å². The summed E-state index contributed by atoms with van der Waals surface area (Å²) in [5.74, 6) is -1.65. The Labute approximate surface area is 118 Å². The molecule has 0 atom stereocenters. The number of rotatable bonds is 5. The fraction of sp³-hybridized carbons (Fsp3) is 0.231. The predicted octanol–water partition coefficient (Wildman–Crippen LogP) is 1.79. The first-order valence-electron chi connectivity index (χ1n) is 6.07. The standard InChI is InChI=1S/C13H12FN3O4/c1-7-15-12(21-17-7)5-4-11(18)16-10-3-2-8(14)6-9(10)13(19)20/h2-3,6H,4-5H2,1H3,(H,16,18)(H,19,20). The van der Waals surface area contributed by atoms with Gasteiger partial charge in [-0.3, -0.25) is 4.79 Å². The predicted molar refractivity (Wildman–Crippen MR) is 69.3 cm³/mol. The molecule has 0 aliphatic heterocycles. The van der Waals surface area contributed by atoms with Crippen LogP contribution in [-0.2, 0) is 11.2 Å². The molecule has 0 saturated carbocycles. The fourth-order valence-electron chi connectivity index (χ4n) is 1.68. The molecule has 1 heterocycles. The largest absolute Gasteiger partial charge is 0.478 e. The zero-order valence-electron chi connectivity index (χ0n) is 11.1. The molecule has 7 nitrogen and oxygen atoms in total. The van der Waals surface area contributed by atoms with Crippen LogP contribution in [0.25, 0.3) is 0 Å². The number of aromatic carboxylic acids is 1. The summed E-state index contributed by atoms with van der Waals surface area (Å²) in [5.41, 5.74) is -0.271. The van der Waals surface area contributed by atoms with Gasteiger partial charge in [0.15, 0.2) is 5.82 Å². The van der Waals surface area contributed by atoms with E-state index >= 15 is 0 Å². The molecule has 0 unspecified atom stereocenters. The number of aryl methyl sites for hydroxylation is 2. The molecular formula is C13H12FN3O4. The van der Waals surface area contributed by atoms with Gasteiger partial charge in [0.2, 0.25) is 11.8 Å². The van der Waals surface area contributed by atoms with E-state index in [1.807, 2.05) is 0 Å². The van der Waals surface area contributed by atoms with Gasteiger partial charge in [0.1, 0.15) is 5.82 Å². The summed E-state index contributed by atoms with van der Waals surface area (Å²) in [6.07, 6.45) is 0.272. The van der Waals surface area contributed by atoms with E-state index in [1.165, 1.54) is 6.07 Å². The number of carbonyl (C=O) groups excluding carboxylic acids is 1. The van der Waals surface area contributed by atoms with E-state index < -0.39 is 17.7 Å². The number of nitrogens with one attached hydrogen (secondary N) is 1. The van der Waals surface area contributed by atoms with Gasteiger partial charge in [0.05, 0.1) is 11.3 Å². The fourth-order valence-corrected chi connectivity index (χ4v) is 1.68. The van der Waals surface area contributed by atoms with E-state index in [-0.39, 0.29) is 24.1 Å². The Hall–Kier alpha value is -2.77. The van der Waals surface area contributed by atoms with Crippen LogP contribution in [0.15, 0.2) is 22.7 Å². The van der Waals surface area contributed by atoms with Gasteiger partial charge in [-0.05, 0) is 25.1 Å². The minimum Gasteiger partial charge on any atom is -0.478 e. The van der Waals surface area contributed by atoms with Gasteiger partial charge in [0, 0.05) is 12.8 Å². The number of amides is 1. The highest BCUT2D eigenvalue weighted by atomic mass is 19.1. The second-order valence-corrected chi connectivity index (χ2v) is 4.28. The maximum atomic E-state index is 13.0. The number of carboxylic acid groups (broad SMARTS) is 1. The maximum Gasteiger partial charge on any atom is 0.337 e. The van der Waals surface area contributed by atoms with Crippen LogP contribution in [0.4, 0.5) is 10.1 Å². The summed E-state index contributed by atoms with van der Waals surface area (Å²) >= 11 is 0. The van der Waals surface area contributed by atoms with E-state index in [9.17, 15) is 14.0 Å². The minimum atomic E-state index is -1.32. The molecule has 2 rings (SSSR count). The molecule has 21 heavy (non-hydrogen) atoms. The van der Waals surface area contributed by atoms with Crippen LogP contribution in [0.1, 0.15) is 28.5 Å². The lowest BCUT2D eigenvalue weighted by Gasteiger charge is -2.07. The molecule has 0 fully saturated rings. The summed E-state index contributed by atoms with van der Waals surface area (Å²) in [7, 11) is 0. The van der Waals surface area contributed by atoms with Crippen LogP contribution < -0.4 is 5.32 Å². The van der Waals surface area contributed by atoms with E-state index in [0.717, 1.165) is 12.1 Å². The Morgan fingerprint density at radius 3 is 2.81 bits per heavy atom. The SMILES string of the molecule is Cc1noc(CCC(=O)Nc2ccc(F)cc2C(=O)O)n1. The van der Waals surface area contributed by atoms with Gasteiger partial charge in [-0.25, -0.2) is 9.18 Å². The first-order valence-corrected chi connectivity index (χ1v) is 6.07. The molecule has 0 spiro atoms. The number of benzene rings is 1. The van der Waals surface area contributed by atoms with Gasteiger partial charge in [-0.15, -0.1) is 0 Å². The third kappa shape index (κ3) is 3.85. The molecule has 0 aliphatic rings. The van der Waals surface area contributed by atoms with Crippen LogP contribution >= 0.6 is 0 Å². The Balaban J connectivity index is 2.01. The van der Waals surface area contributed by atoms with Crippen LogP contribution in [0, 0.1) is 12.7 Å². The number of hydrogen-bond acceptors (Lipinski definition) is 5. The van der Waals surface area contributed by atoms with Gasteiger partial charge in [-0.2, -0.15) is 4.98 Å². The highest BCUT2D eigenvalue weighted by Gasteiger charge is 2.14. The number of nitrogens with zero attached hydrogens (tertiary/aromatic N) is 2. The average molecular weight is 293 g/mol. The van der Waals surface area contributed by atoms with E-state index in [1.54, 1.807) is 6.92 Å². The lowest BCUT2D eigenvalue weighted by Crippen LogP contribution is -2.15. The topological polar surface area (TPSA) is 105 Å². The summed E-state index contributed by atoms with van der Waals surface area (Å²) in [5, 5.41) is 15.0. The average Bonchev–Trinajstić information content (AvgIpc) is 2.84. The Morgan fingerprint density at radius 2 is 2.19 bits per heavy atom. The molecule has 2 aromatic rings. The van der Waals surface area contributed by atoms with Crippen LogP contribution in [-0.4, -0.2) is 27.1 Å².